The third-order valence-electron chi connectivity index (χ3n) is 2.09. The highest BCUT2D eigenvalue weighted by molar-refractivity contribution is 5.39. The fourth-order valence-corrected chi connectivity index (χ4v) is 1.43. The second-order valence-electron chi connectivity index (χ2n) is 3.39. The number of hydrogen-bond acceptors (Lipinski definition) is 4. The van der Waals surface area contributed by atoms with E-state index in [-0.39, 0.29) is 6.04 Å². The van der Waals surface area contributed by atoms with Crippen molar-refractivity contribution in [2.45, 2.75) is 6.04 Å². The molecule has 0 unspecified atom stereocenters. The van der Waals surface area contributed by atoms with Crippen LogP contribution in [0.4, 0.5) is 5.69 Å². The van der Waals surface area contributed by atoms with E-state index >= 15 is 0 Å². The molecule has 0 radical (unpaired) electrons. The zero-order valence-electron chi connectivity index (χ0n) is 8.27. The summed E-state index contributed by atoms with van der Waals surface area (Å²) >= 11 is 0. The first-order valence-corrected chi connectivity index (χ1v) is 4.75. The van der Waals surface area contributed by atoms with Crippen molar-refractivity contribution in [1.29, 1.82) is 0 Å². The van der Waals surface area contributed by atoms with E-state index < -0.39 is 0 Å². The first-order valence-electron chi connectivity index (χ1n) is 4.75. The molecule has 0 atom stereocenters. The van der Waals surface area contributed by atoms with Crippen LogP contribution in [0.3, 0.4) is 0 Å². The van der Waals surface area contributed by atoms with Crippen LogP contribution >= 0.6 is 0 Å². The number of aromatic nitrogens is 2. The lowest BCUT2D eigenvalue weighted by Gasteiger charge is -2.14. The van der Waals surface area contributed by atoms with Crippen molar-refractivity contribution in [2.75, 3.05) is 31.7 Å². The summed E-state index contributed by atoms with van der Waals surface area (Å²) in [5, 5.41) is 7.39. The molecular weight excluding hydrogens is 182 g/mol. The Kier molecular flexibility index (Phi) is 3.00. The Hall–Kier alpha value is -1.07. The fourth-order valence-electron chi connectivity index (χ4n) is 1.43. The lowest BCUT2D eigenvalue weighted by molar-refractivity contribution is 0.103. The van der Waals surface area contributed by atoms with Gasteiger partial charge in [-0.05, 0) is 0 Å². The van der Waals surface area contributed by atoms with Crippen LogP contribution in [0.15, 0.2) is 12.4 Å². The topological polar surface area (TPSA) is 48.3 Å². The third-order valence-corrected chi connectivity index (χ3v) is 2.09. The Bertz CT molecular complexity index is 279. The van der Waals surface area contributed by atoms with Crippen LogP contribution in [0.1, 0.15) is 0 Å². The van der Waals surface area contributed by atoms with Crippen molar-refractivity contribution < 1.29 is 9.47 Å². The monoisotopic (exact) mass is 197 g/mol. The van der Waals surface area contributed by atoms with Gasteiger partial charge in [-0.1, -0.05) is 0 Å². The predicted molar refractivity (Wildman–Crippen MR) is 52.3 cm³/mol. The molecule has 0 aromatic carbocycles. The number of anilines is 1. The molecule has 2 heterocycles. The highest BCUT2D eigenvalue weighted by atomic mass is 16.5. The molecule has 0 bridgehead atoms. The van der Waals surface area contributed by atoms with Crippen molar-refractivity contribution in [3.05, 3.63) is 12.4 Å². The molecule has 1 aromatic rings. The lowest BCUT2D eigenvalue weighted by atomic mass is 10.3. The summed E-state index contributed by atoms with van der Waals surface area (Å²) in [6.45, 7) is 2.75. The Morgan fingerprint density at radius 2 is 2.14 bits per heavy atom. The Labute approximate surface area is 83.0 Å². The van der Waals surface area contributed by atoms with Crippen LogP contribution in [-0.4, -0.2) is 42.2 Å². The van der Waals surface area contributed by atoms with Crippen molar-refractivity contribution in [1.82, 2.24) is 9.78 Å². The molecule has 0 aliphatic carbocycles. The molecule has 1 N–H and O–H groups in total. The number of nitrogens with one attached hydrogen (secondary N) is 1. The molecule has 5 heteroatoms. The molecule has 1 aliphatic heterocycles. The van der Waals surface area contributed by atoms with Gasteiger partial charge >= 0.3 is 0 Å². The van der Waals surface area contributed by atoms with Crippen molar-refractivity contribution in [3.8, 4) is 0 Å². The van der Waals surface area contributed by atoms with Crippen LogP contribution < -0.4 is 5.32 Å². The molecule has 2 rings (SSSR count). The molecule has 0 saturated carbocycles. The summed E-state index contributed by atoms with van der Waals surface area (Å²) in [5.41, 5.74) is 1.01. The second kappa shape index (κ2) is 4.43. The van der Waals surface area contributed by atoms with Crippen LogP contribution in [0, 0.1) is 0 Å². The number of rotatable bonds is 2. The first-order chi connectivity index (χ1) is 6.84. The van der Waals surface area contributed by atoms with Crippen molar-refractivity contribution in [2.24, 2.45) is 7.05 Å². The maximum Gasteiger partial charge on any atom is 0.0730 e. The molecule has 78 valence electrons. The average molecular weight is 197 g/mol. The lowest BCUT2D eigenvalue weighted by Crippen LogP contribution is -2.28. The second-order valence-corrected chi connectivity index (χ2v) is 3.39. The van der Waals surface area contributed by atoms with Gasteiger partial charge in [0.1, 0.15) is 0 Å². The maximum absolute atomic E-state index is 5.37. The van der Waals surface area contributed by atoms with E-state index in [1.54, 1.807) is 10.9 Å². The van der Waals surface area contributed by atoms with Gasteiger partial charge in [-0.2, -0.15) is 5.10 Å². The number of aryl methyl sites for hydroxylation is 1. The van der Waals surface area contributed by atoms with Gasteiger partial charge in [0.15, 0.2) is 0 Å². The smallest absolute Gasteiger partial charge is 0.0730 e. The molecule has 14 heavy (non-hydrogen) atoms. The Morgan fingerprint density at radius 3 is 2.71 bits per heavy atom. The zero-order chi connectivity index (χ0) is 9.80. The molecule has 0 spiro atoms. The molecule has 5 nitrogen and oxygen atoms in total. The fraction of sp³-hybridized carbons (Fsp3) is 0.667. The van der Waals surface area contributed by atoms with Crippen molar-refractivity contribution >= 4 is 5.69 Å². The van der Waals surface area contributed by atoms with Gasteiger partial charge in [-0.25, -0.2) is 0 Å². The van der Waals surface area contributed by atoms with E-state index in [0.717, 1.165) is 5.69 Å². The van der Waals surface area contributed by atoms with Crippen LogP contribution in [0.5, 0.6) is 0 Å². The van der Waals surface area contributed by atoms with Crippen LogP contribution in [0.2, 0.25) is 0 Å². The van der Waals surface area contributed by atoms with E-state index in [1.807, 2.05) is 13.2 Å². The molecule has 1 saturated heterocycles. The van der Waals surface area contributed by atoms with E-state index in [4.69, 9.17) is 9.47 Å². The normalized spacial score (nSPS) is 19.2. The zero-order valence-corrected chi connectivity index (χ0v) is 8.27. The number of ether oxygens (including phenoxy) is 2. The number of hydrogen-bond donors (Lipinski definition) is 1. The summed E-state index contributed by atoms with van der Waals surface area (Å²) in [7, 11) is 1.89. The summed E-state index contributed by atoms with van der Waals surface area (Å²) in [6, 6.07) is 0.224. The highest BCUT2D eigenvalue weighted by Gasteiger charge is 2.12. The summed E-state index contributed by atoms with van der Waals surface area (Å²) in [5.74, 6) is 0. The first kappa shape index (κ1) is 9.48. The van der Waals surface area contributed by atoms with Crippen LogP contribution in [-0.2, 0) is 16.5 Å². The van der Waals surface area contributed by atoms with Gasteiger partial charge in [0.2, 0.25) is 0 Å². The Balaban J connectivity index is 1.89. The molecule has 1 aromatic heterocycles. The molecule has 1 aliphatic rings. The minimum atomic E-state index is 0.224. The molecular formula is C9H15N3O2. The van der Waals surface area contributed by atoms with Gasteiger partial charge in [-0.3, -0.25) is 4.68 Å². The standard InChI is InChI=1S/C9H15N3O2/c1-12-5-8(4-10-12)11-9-6-13-2-3-14-7-9/h4-5,9,11H,2-3,6-7H2,1H3. The molecule has 1 fully saturated rings. The quantitative estimate of drug-likeness (QED) is 0.738. The predicted octanol–water partition coefficient (Wildman–Crippen LogP) is 0.247. The van der Waals surface area contributed by atoms with Gasteiger partial charge in [0.05, 0.1) is 44.4 Å². The third kappa shape index (κ3) is 2.46. The summed E-state index contributed by atoms with van der Waals surface area (Å²) in [6.07, 6.45) is 3.73. The Morgan fingerprint density at radius 1 is 1.43 bits per heavy atom. The van der Waals surface area contributed by atoms with E-state index in [9.17, 15) is 0 Å². The van der Waals surface area contributed by atoms with Gasteiger partial charge in [0.25, 0.3) is 0 Å². The SMILES string of the molecule is Cn1cc(NC2COCCOC2)cn1. The van der Waals surface area contributed by atoms with E-state index in [0.29, 0.717) is 26.4 Å². The summed E-state index contributed by atoms with van der Waals surface area (Å²) < 4.78 is 12.5. The number of nitrogens with zero attached hydrogens (tertiary/aromatic N) is 2. The highest BCUT2D eigenvalue weighted by Crippen LogP contribution is 2.07. The minimum absolute atomic E-state index is 0.224. The van der Waals surface area contributed by atoms with E-state index in [1.165, 1.54) is 0 Å². The minimum Gasteiger partial charge on any atom is -0.377 e. The van der Waals surface area contributed by atoms with Crippen LogP contribution in [0.25, 0.3) is 0 Å². The van der Waals surface area contributed by atoms with Gasteiger partial charge in [-0.15, -0.1) is 0 Å². The van der Waals surface area contributed by atoms with Gasteiger partial charge < -0.3 is 14.8 Å². The summed E-state index contributed by atoms with van der Waals surface area (Å²) in [4.78, 5) is 0. The largest absolute Gasteiger partial charge is 0.377 e. The van der Waals surface area contributed by atoms with Crippen molar-refractivity contribution in [3.63, 3.8) is 0 Å². The molecule has 0 amide bonds. The average Bonchev–Trinajstić information content (AvgIpc) is 2.43. The van der Waals surface area contributed by atoms with E-state index in [2.05, 4.69) is 10.4 Å². The van der Waals surface area contributed by atoms with Gasteiger partial charge in [0, 0.05) is 13.2 Å². The maximum atomic E-state index is 5.37.